The molecule has 1 fully saturated rings. The Morgan fingerprint density at radius 1 is 1.37 bits per heavy atom. The van der Waals surface area contributed by atoms with Gasteiger partial charge >= 0.3 is 0 Å². The standard InChI is InChI=1S/C15H20ClNO2/c1-19-14-9-11(5-6-12(14)16)13(18)10-15(17)7-3-2-4-8-15/h5-6,9H,2-4,7-8,10,17H2,1H3. The summed E-state index contributed by atoms with van der Waals surface area (Å²) in [6, 6.07) is 5.12. The van der Waals surface area contributed by atoms with E-state index >= 15 is 0 Å². The van der Waals surface area contributed by atoms with Gasteiger partial charge in [0.05, 0.1) is 12.1 Å². The van der Waals surface area contributed by atoms with Crippen LogP contribution in [-0.4, -0.2) is 18.4 Å². The smallest absolute Gasteiger partial charge is 0.164 e. The van der Waals surface area contributed by atoms with Crippen LogP contribution in [0.3, 0.4) is 0 Å². The molecule has 1 aromatic carbocycles. The van der Waals surface area contributed by atoms with Crippen molar-refractivity contribution in [3.05, 3.63) is 28.8 Å². The summed E-state index contributed by atoms with van der Waals surface area (Å²) in [4.78, 5) is 12.3. The highest BCUT2D eigenvalue weighted by Gasteiger charge is 2.30. The summed E-state index contributed by atoms with van der Waals surface area (Å²) in [5, 5.41) is 0.513. The molecule has 19 heavy (non-hydrogen) atoms. The lowest BCUT2D eigenvalue weighted by Gasteiger charge is -2.32. The zero-order valence-electron chi connectivity index (χ0n) is 11.2. The monoisotopic (exact) mass is 281 g/mol. The lowest BCUT2D eigenvalue weighted by atomic mass is 9.78. The Balaban J connectivity index is 2.11. The Kier molecular flexibility index (Phi) is 4.48. The molecule has 3 nitrogen and oxygen atoms in total. The highest BCUT2D eigenvalue weighted by atomic mass is 35.5. The van der Waals surface area contributed by atoms with Crippen LogP contribution in [0, 0.1) is 0 Å². The van der Waals surface area contributed by atoms with Crippen LogP contribution in [0.25, 0.3) is 0 Å². The molecular formula is C15H20ClNO2. The zero-order chi connectivity index (χ0) is 13.9. The van der Waals surface area contributed by atoms with Crippen molar-refractivity contribution in [3.8, 4) is 5.75 Å². The van der Waals surface area contributed by atoms with Crippen LogP contribution in [-0.2, 0) is 0 Å². The van der Waals surface area contributed by atoms with Gasteiger partial charge in [0.1, 0.15) is 5.75 Å². The molecule has 0 amide bonds. The average molecular weight is 282 g/mol. The van der Waals surface area contributed by atoms with Gasteiger partial charge in [-0.25, -0.2) is 0 Å². The largest absolute Gasteiger partial charge is 0.495 e. The number of ether oxygens (including phenoxy) is 1. The summed E-state index contributed by atoms with van der Waals surface area (Å²) < 4.78 is 5.14. The number of hydrogen-bond donors (Lipinski definition) is 1. The number of halogens is 1. The van der Waals surface area contributed by atoms with E-state index in [2.05, 4.69) is 0 Å². The normalized spacial score (nSPS) is 18.1. The Labute approximate surface area is 119 Å². The Morgan fingerprint density at radius 2 is 2.05 bits per heavy atom. The maximum atomic E-state index is 12.3. The molecule has 2 N–H and O–H groups in total. The fraction of sp³-hybridized carbons (Fsp3) is 0.533. The topological polar surface area (TPSA) is 52.3 Å². The molecule has 1 aliphatic carbocycles. The van der Waals surface area contributed by atoms with Crippen LogP contribution < -0.4 is 10.5 Å². The molecule has 0 aliphatic heterocycles. The van der Waals surface area contributed by atoms with Crippen LogP contribution in [0.2, 0.25) is 5.02 Å². The Bertz CT molecular complexity index is 467. The molecule has 0 saturated heterocycles. The van der Waals surface area contributed by atoms with E-state index < -0.39 is 0 Å². The van der Waals surface area contributed by atoms with E-state index in [1.54, 1.807) is 25.3 Å². The quantitative estimate of drug-likeness (QED) is 0.858. The van der Waals surface area contributed by atoms with Gasteiger partial charge in [-0.1, -0.05) is 30.9 Å². The van der Waals surface area contributed by atoms with E-state index in [-0.39, 0.29) is 11.3 Å². The lowest BCUT2D eigenvalue weighted by molar-refractivity contribution is 0.0934. The maximum Gasteiger partial charge on any atom is 0.164 e. The number of nitrogens with two attached hydrogens (primary N) is 1. The van der Waals surface area contributed by atoms with Crippen molar-refractivity contribution in [2.24, 2.45) is 5.73 Å². The number of carbonyl (C=O) groups excluding carboxylic acids is 1. The predicted octanol–water partition coefficient (Wildman–Crippen LogP) is 3.58. The minimum absolute atomic E-state index is 0.0689. The molecule has 4 heteroatoms. The van der Waals surface area contributed by atoms with Gasteiger partial charge in [0.2, 0.25) is 0 Å². The molecule has 0 heterocycles. The Hall–Kier alpha value is -1.06. The molecule has 104 valence electrons. The van der Waals surface area contributed by atoms with E-state index in [1.165, 1.54) is 6.42 Å². The minimum Gasteiger partial charge on any atom is -0.495 e. The van der Waals surface area contributed by atoms with E-state index in [4.69, 9.17) is 22.1 Å². The first-order chi connectivity index (χ1) is 9.04. The molecule has 0 bridgehead atoms. The molecule has 0 unspecified atom stereocenters. The number of methoxy groups -OCH3 is 1. The highest BCUT2D eigenvalue weighted by Crippen LogP contribution is 2.31. The number of benzene rings is 1. The van der Waals surface area contributed by atoms with E-state index in [0.717, 1.165) is 25.7 Å². The summed E-state index contributed by atoms with van der Waals surface area (Å²) in [6.07, 6.45) is 5.73. The second-order valence-corrected chi connectivity index (χ2v) is 5.78. The first-order valence-electron chi connectivity index (χ1n) is 6.70. The number of Topliss-reactive ketones (excluding diaryl/α,β-unsaturated/α-hetero) is 1. The molecule has 0 aromatic heterocycles. The molecule has 2 rings (SSSR count). The van der Waals surface area contributed by atoms with Crippen molar-refractivity contribution in [2.45, 2.75) is 44.1 Å². The molecule has 1 aromatic rings. The van der Waals surface area contributed by atoms with Crippen LogP contribution >= 0.6 is 11.6 Å². The third kappa shape index (κ3) is 3.48. The predicted molar refractivity (Wildman–Crippen MR) is 77.0 cm³/mol. The van der Waals surface area contributed by atoms with Gasteiger partial charge in [-0.05, 0) is 31.0 Å². The summed E-state index contributed by atoms with van der Waals surface area (Å²) in [7, 11) is 1.54. The van der Waals surface area contributed by atoms with Gasteiger partial charge in [-0.15, -0.1) is 0 Å². The van der Waals surface area contributed by atoms with Crippen LogP contribution in [0.15, 0.2) is 18.2 Å². The second-order valence-electron chi connectivity index (χ2n) is 5.37. The fourth-order valence-electron chi connectivity index (χ4n) is 2.69. The first-order valence-corrected chi connectivity index (χ1v) is 7.07. The van der Waals surface area contributed by atoms with Gasteiger partial charge in [0.15, 0.2) is 5.78 Å². The second kappa shape index (κ2) is 5.93. The molecule has 0 atom stereocenters. The fourth-order valence-corrected chi connectivity index (χ4v) is 2.88. The van der Waals surface area contributed by atoms with Gasteiger partial charge in [-0.2, -0.15) is 0 Å². The van der Waals surface area contributed by atoms with E-state index in [0.29, 0.717) is 22.8 Å². The molecule has 0 spiro atoms. The van der Waals surface area contributed by atoms with E-state index in [1.807, 2.05) is 0 Å². The SMILES string of the molecule is COc1cc(C(=O)CC2(N)CCCCC2)ccc1Cl. The van der Waals surface area contributed by atoms with E-state index in [9.17, 15) is 4.79 Å². The number of rotatable bonds is 4. The van der Waals surface area contributed by atoms with Crippen molar-refractivity contribution in [3.63, 3.8) is 0 Å². The van der Waals surface area contributed by atoms with Crippen molar-refractivity contribution in [1.82, 2.24) is 0 Å². The van der Waals surface area contributed by atoms with Crippen LogP contribution in [0.5, 0.6) is 5.75 Å². The number of ketones is 1. The number of carbonyl (C=O) groups is 1. The van der Waals surface area contributed by atoms with Crippen molar-refractivity contribution < 1.29 is 9.53 Å². The maximum absolute atomic E-state index is 12.3. The van der Waals surface area contributed by atoms with Gasteiger partial charge in [0, 0.05) is 17.5 Å². The third-order valence-corrected chi connectivity index (χ3v) is 4.15. The summed E-state index contributed by atoms with van der Waals surface area (Å²) in [5.41, 5.74) is 6.61. The zero-order valence-corrected chi connectivity index (χ0v) is 12.0. The van der Waals surface area contributed by atoms with Gasteiger partial charge in [-0.3, -0.25) is 4.79 Å². The molecule has 0 radical (unpaired) electrons. The third-order valence-electron chi connectivity index (χ3n) is 3.84. The van der Waals surface area contributed by atoms with Gasteiger partial charge < -0.3 is 10.5 Å². The summed E-state index contributed by atoms with van der Waals surface area (Å²) >= 11 is 5.96. The number of hydrogen-bond acceptors (Lipinski definition) is 3. The molecular weight excluding hydrogens is 262 g/mol. The Morgan fingerprint density at radius 3 is 2.68 bits per heavy atom. The minimum atomic E-state index is -0.331. The van der Waals surface area contributed by atoms with Gasteiger partial charge in [0.25, 0.3) is 0 Å². The average Bonchev–Trinajstić information content (AvgIpc) is 2.39. The van der Waals surface area contributed by atoms with Crippen molar-refractivity contribution in [1.29, 1.82) is 0 Å². The van der Waals surface area contributed by atoms with Crippen molar-refractivity contribution in [2.75, 3.05) is 7.11 Å². The molecule has 1 saturated carbocycles. The van der Waals surface area contributed by atoms with Crippen molar-refractivity contribution >= 4 is 17.4 Å². The molecule has 1 aliphatic rings. The highest BCUT2D eigenvalue weighted by molar-refractivity contribution is 6.32. The first kappa shape index (κ1) is 14.4. The lowest BCUT2D eigenvalue weighted by Crippen LogP contribution is -2.43. The van der Waals surface area contributed by atoms with Crippen LogP contribution in [0.1, 0.15) is 48.9 Å². The van der Waals surface area contributed by atoms with Crippen LogP contribution in [0.4, 0.5) is 0 Å². The summed E-state index contributed by atoms with van der Waals surface area (Å²) in [5.74, 6) is 0.599. The summed E-state index contributed by atoms with van der Waals surface area (Å²) in [6.45, 7) is 0.